The van der Waals surface area contributed by atoms with E-state index in [0.29, 0.717) is 0 Å². The smallest absolute Gasteiger partial charge is 0.190 e. The van der Waals surface area contributed by atoms with Crippen molar-refractivity contribution in [1.29, 1.82) is 5.26 Å². The highest BCUT2D eigenvalue weighted by molar-refractivity contribution is 5.37. The molecule has 1 unspecified atom stereocenters. The van der Waals surface area contributed by atoms with E-state index in [2.05, 4.69) is 4.90 Å². The molecule has 19 heavy (non-hydrogen) atoms. The summed E-state index contributed by atoms with van der Waals surface area (Å²) in [5.41, 5.74) is -0.0443. The first-order valence-corrected chi connectivity index (χ1v) is 6.34. The van der Waals surface area contributed by atoms with Crippen molar-refractivity contribution in [2.45, 2.75) is 25.3 Å². The van der Waals surface area contributed by atoms with Crippen LogP contribution in [0.3, 0.4) is 0 Å². The van der Waals surface area contributed by atoms with E-state index in [4.69, 9.17) is 10.00 Å². The molecule has 1 heterocycles. The Kier molecular flexibility index (Phi) is 4.33. The van der Waals surface area contributed by atoms with Crippen LogP contribution in [0.1, 0.15) is 24.8 Å². The van der Waals surface area contributed by atoms with Gasteiger partial charge < -0.3 is 9.64 Å². The van der Waals surface area contributed by atoms with Gasteiger partial charge in [-0.1, -0.05) is 6.42 Å². The molecule has 0 aromatic heterocycles. The van der Waals surface area contributed by atoms with Gasteiger partial charge in [-0.3, -0.25) is 0 Å². The van der Waals surface area contributed by atoms with Gasteiger partial charge in [0.1, 0.15) is 6.61 Å². The Morgan fingerprint density at radius 3 is 2.63 bits per heavy atom. The minimum atomic E-state index is -0.824. The van der Waals surface area contributed by atoms with Crippen LogP contribution in [0.2, 0.25) is 0 Å². The van der Waals surface area contributed by atoms with E-state index in [-0.39, 0.29) is 18.2 Å². The molecular weight excluding hydrogens is 250 g/mol. The predicted octanol–water partition coefficient (Wildman–Crippen LogP) is 2.70. The third-order valence-electron chi connectivity index (χ3n) is 3.47. The highest BCUT2D eigenvalue weighted by atomic mass is 19.1. The van der Waals surface area contributed by atoms with Crippen LogP contribution in [-0.4, -0.2) is 31.1 Å². The molecular formula is C14H16F2N2O. The van der Waals surface area contributed by atoms with Crippen LogP contribution < -0.4 is 4.74 Å². The van der Waals surface area contributed by atoms with Gasteiger partial charge in [0.2, 0.25) is 0 Å². The lowest BCUT2D eigenvalue weighted by molar-refractivity contribution is 0.120. The Morgan fingerprint density at radius 2 is 2.05 bits per heavy atom. The van der Waals surface area contributed by atoms with Crippen molar-refractivity contribution in [2.24, 2.45) is 0 Å². The summed E-state index contributed by atoms with van der Waals surface area (Å²) in [5, 5.41) is 8.62. The predicted molar refractivity (Wildman–Crippen MR) is 66.8 cm³/mol. The second kappa shape index (κ2) is 5.98. The molecule has 1 atom stereocenters. The Morgan fingerprint density at radius 1 is 1.37 bits per heavy atom. The van der Waals surface area contributed by atoms with Crippen LogP contribution in [0.4, 0.5) is 8.78 Å². The Hall–Kier alpha value is -1.67. The quantitative estimate of drug-likeness (QED) is 0.844. The first-order chi connectivity index (χ1) is 9.11. The van der Waals surface area contributed by atoms with Crippen LogP contribution in [0.15, 0.2) is 12.1 Å². The minimum absolute atomic E-state index is 0.0443. The number of hydrogen-bond donors (Lipinski definition) is 0. The standard InChI is InChI=1S/C14H16F2N2O/c1-18-5-3-2-4-11(18)9-19-14-12(15)6-10(8-17)7-13(14)16/h6-7,11H,2-5,9H2,1H3. The molecule has 1 fully saturated rings. The maximum absolute atomic E-state index is 13.6. The molecule has 1 aliphatic heterocycles. The summed E-state index contributed by atoms with van der Waals surface area (Å²) in [6, 6.07) is 3.87. The van der Waals surface area contributed by atoms with Gasteiger partial charge in [-0.15, -0.1) is 0 Å². The fourth-order valence-electron chi connectivity index (χ4n) is 2.30. The summed E-state index contributed by atoms with van der Waals surface area (Å²) in [6.45, 7) is 1.24. The molecule has 0 saturated carbocycles. The Balaban J connectivity index is 2.05. The number of benzene rings is 1. The Bertz CT molecular complexity index is 476. The van der Waals surface area contributed by atoms with Crippen LogP contribution in [-0.2, 0) is 0 Å². The van der Waals surface area contributed by atoms with Crippen LogP contribution in [0.25, 0.3) is 0 Å². The van der Waals surface area contributed by atoms with Crippen molar-refractivity contribution in [3.8, 4) is 11.8 Å². The van der Waals surface area contributed by atoms with Crippen LogP contribution >= 0.6 is 0 Å². The molecule has 0 bridgehead atoms. The van der Waals surface area contributed by atoms with E-state index in [0.717, 1.165) is 37.9 Å². The fourth-order valence-corrected chi connectivity index (χ4v) is 2.30. The van der Waals surface area contributed by atoms with Crippen molar-refractivity contribution in [2.75, 3.05) is 20.2 Å². The van der Waals surface area contributed by atoms with E-state index in [9.17, 15) is 8.78 Å². The summed E-state index contributed by atoms with van der Waals surface area (Å²) in [7, 11) is 1.98. The lowest BCUT2D eigenvalue weighted by Crippen LogP contribution is -2.40. The van der Waals surface area contributed by atoms with Gasteiger partial charge in [-0.05, 0) is 38.6 Å². The van der Waals surface area contributed by atoms with Crippen molar-refractivity contribution in [3.63, 3.8) is 0 Å². The third-order valence-corrected chi connectivity index (χ3v) is 3.47. The molecule has 5 heteroatoms. The van der Waals surface area contributed by atoms with Gasteiger partial charge in [-0.2, -0.15) is 5.26 Å². The number of halogens is 2. The number of nitriles is 1. The number of hydrogen-bond acceptors (Lipinski definition) is 3. The van der Waals surface area contributed by atoms with Crippen LogP contribution in [0.5, 0.6) is 5.75 Å². The number of piperidine rings is 1. The van der Waals surface area contributed by atoms with E-state index in [1.165, 1.54) is 0 Å². The maximum Gasteiger partial charge on any atom is 0.190 e. The normalized spacial score (nSPS) is 20.0. The minimum Gasteiger partial charge on any atom is -0.486 e. The highest BCUT2D eigenvalue weighted by Gasteiger charge is 2.21. The molecule has 1 aromatic rings. The third kappa shape index (κ3) is 3.21. The van der Waals surface area contributed by atoms with E-state index in [1.54, 1.807) is 6.07 Å². The van der Waals surface area contributed by atoms with Crippen molar-refractivity contribution in [3.05, 3.63) is 29.3 Å². The zero-order chi connectivity index (χ0) is 13.8. The molecule has 0 radical (unpaired) electrons. The summed E-state index contributed by atoms with van der Waals surface area (Å²) >= 11 is 0. The molecule has 2 rings (SSSR count). The monoisotopic (exact) mass is 266 g/mol. The van der Waals surface area contributed by atoms with Gasteiger partial charge >= 0.3 is 0 Å². The second-order valence-electron chi connectivity index (χ2n) is 4.82. The maximum atomic E-state index is 13.6. The number of rotatable bonds is 3. The van der Waals surface area contributed by atoms with Gasteiger partial charge in [0.25, 0.3) is 0 Å². The van der Waals surface area contributed by atoms with Gasteiger partial charge in [0.05, 0.1) is 11.6 Å². The molecule has 1 saturated heterocycles. The van der Waals surface area contributed by atoms with Gasteiger partial charge in [-0.25, -0.2) is 8.78 Å². The van der Waals surface area contributed by atoms with Crippen molar-refractivity contribution < 1.29 is 13.5 Å². The summed E-state index contributed by atoms with van der Waals surface area (Å²) in [5.74, 6) is -2.04. The second-order valence-corrected chi connectivity index (χ2v) is 4.82. The molecule has 1 aliphatic rings. The lowest BCUT2D eigenvalue weighted by Gasteiger charge is -2.32. The summed E-state index contributed by atoms with van der Waals surface area (Å²) in [4.78, 5) is 2.14. The largest absolute Gasteiger partial charge is 0.486 e. The number of ether oxygens (including phenoxy) is 1. The van der Waals surface area contributed by atoms with E-state index in [1.807, 2.05) is 7.05 Å². The molecule has 102 valence electrons. The average molecular weight is 266 g/mol. The first-order valence-electron chi connectivity index (χ1n) is 6.34. The average Bonchev–Trinajstić information content (AvgIpc) is 2.39. The molecule has 0 amide bonds. The highest BCUT2D eigenvalue weighted by Crippen LogP contribution is 2.24. The van der Waals surface area contributed by atoms with Crippen LogP contribution in [0, 0.1) is 23.0 Å². The molecule has 1 aromatic carbocycles. The van der Waals surface area contributed by atoms with Crippen molar-refractivity contribution in [1.82, 2.24) is 4.90 Å². The zero-order valence-corrected chi connectivity index (χ0v) is 10.8. The Labute approximate surface area is 111 Å². The topological polar surface area (TPSA) is 36.3 Å². The number of likely N-dealkylation sites (tertiary alicyclic amines) is 1. The zero-order valence-electron chi connectivity index (χ0n) is 10.8. The van der Waals surface area contributed by atoms with Gasteiger partial charge in [0, 0.05) is 6.04 Å². The molecule has 3 nitrogen and oxygen atoms in total. The molecule has 0 N–H and O–H groups in total. The first kappa shape index (κ1) is 13.8. The fraction of sp³-hybridized carbons (Fsp3) is 0.500. The number of nitrogens with zero attached hydrogens (tertiary/aromatic N) is 2. The SMILES string of the molecule is CN1CCCCC1COc1c(F)cc(C#N)cc1F. The van der Waals surface area contributed by atoms with Crippen molar-refractivity contribution >= 4 is 0 Å². The summed E-state index contributed by atoms with van der Waals surface area (Å²) < 4.78 is 32.5. The molecule has 0 aliphatic carbocycles. The van der Waals surface area contributed by atoms with E-state index >= 15 is 0 Å². The van der Waals surface area contributed by atoms with E-state index < -0.39 is 17.4 Å². The summed E-state index contributed by atoms with van der Waals surface area (Å²) in [6.07, 6.45) is 3.22. The lowest BCUT2D eigenvalue weighted by atomic mass is 10.0. The molecule has 0 spiro atoms. The number of likely N-dealkylation sites (N-methyl/N-ethyl adjacent to an activating group) is 1. The van der Waals surface area contributed by atoms with Gasteiger partial charge in [0.15, 0.2) is 17.4 Å².